The summed E-state index contributed by atoms with van der Waals surface area (Å²) in [7, 11) is 0. The van der Waals surface area contributed by atoms with E-state index in [4.69, 9.17) is 4.74 Å². The van der Waals surface area contributed by atoms with Gasteiger partial charge in [-0.25, -0.2) is 9.78 Å². The lowest BCUT2D eigenvalue weighted by molar-refractivity contribution is -0.126. The van der Waals surface area contributed by atoms with Gasteiger partial charge in [0.2, 0.25) is 0 Å². The number of thiazole rings is 1. The van der Waals surface area contributed by atoms with Crippen molar-refractivity contribution in [3.8, 4) is 10.6 Å². The van der Waals surface area contributed by atoms with Gasteiger partial charge in [-0.15, -0.1) is 11.3 Å². The van der Waals surface area contributed by atoms with Crippen molar-refractivity contribution < 1.29 is 14.3 Å². The number of carbonyl (C=O) groups excluding carboxylic acids is 2. The van der Waals surface area contributed by atoms with Gasteiger partial charge in [0.25, 0.3) is 5.91 Å². The molecule has 142 valence electrons. The third-order valence-corrected chi connectivity index (χ3v) is 5.97. The molecule has 2 heterocycles. The van der Waals surface area contributed by atoms with E-state index in [0.717, 1.165) is 28.2 Å². The molecule has 4 rings (SSSR count). The van der Waals surface area contributed by atoms with E-state index in [9.17, 15) is 9.59 Å². The lowest BCUT2D eigenvalue weighted by atomic mass is 10.2. The highest BCUT2D eigenvalue weighted by atomic mass is 32.1. The van der Waals surface area contributed by atoms with Crippen LogP contribution in [0.5, 0.6) is 0 Å². The average molecular weight is 392 g/mol. The number of para-hydroxylation sites is 1. The highest BCUT2D eigenvalue weighted by Crippen LogP contribution is 2.30. The smallest absolute Gasteiger partial charge is 0.351 e. The molecule has 6 heteroatoms. The predicted octanol–water partition coefficient (Wildman–Crippen LogP) is 4.25. The number of carbonyl (C=O) groups is 2. The number of hydrogen-bond donors (Lipinski definition) is 0. The first-order chi connectivity index (χ1) is 13.5. The number of esters is 1. The number of aromatic nitrogens is 1. The quantitative estimate of drug-likeness (QED) is 0.623. The Morgan fingerprint density at radius 1 is 1.11 bits per heavy atom. The van der Waals surface area contributed by atoms with Crippen LogP contribution in [-0.2, 0) is 16.0 Å². The average Bonchev–Trinajstić information content (AvgIpc) is 3.32. The molecule has 0 saturated carbocycles. The van der Waals surface area contributed by atoms with E-state index in [1.54, 1.807) is 18.7 Å². The second kappa shape index (κ2) is 7.56. The normalized spacial score (nSPS) is 13.9. The molecular formula is C22H20N2O3S. The van der Waals surface area contributed by atoms with Gasteiger partial charge in [0.05, 0.1) is 5.69 Å². The van der Waals surface area contributed by atoms with Crippen molar-refractivity contribution in [2.45, 2.75) is 26.4 Å². The third-order valence-electron chi connectivity index (χ3n) is 4.79. The number of nitrogens with zero attached hydrogens (tertiary/aromatic N) is 2. The van der Waals surface area contributed by atoms with Crippen LogP contribution >= 0.6 is 11.3 Å². The van der Waals surface area contributed by atoms with Crippen LogP contribution in [0.2, 0.25) is 0 Å². The minimum absolute atomic E-state index is 0.205. The van der Waals surface area contributed by atoms with Crippen LogP contribution in [0.4, 0.5) is 5.69 Å². The molecule has 0 radical (unpaired) electrons. The maximum atomic E-state index is 12.8. The molecular weight excluding hydrogens is 372 g/mol. The van der Waals surface area contributed by atoms with Crippen molar-refractivity contribution in [2.24, 2.45) is 0 Å². The van der Waals surface area contributed by atoms with E-state index in [0.29, 0.717) is 17.1 Å². The van der Waals surface area contributed by atoms with Crippen molar-refractivity contribution in [1.29, 1.82) is 0 Å². The van der Waals surface area contributed by atoms with Gasteiger partial charge in [0.1, 0.15) is 9.88 Å². The first-order valence-corrected chi connectivity index (χ1v) is 9.99. The number of anilines is 1. The number of benzene rings is 2. The second-order valence-corrected chi connectivity index (χ2v) is 7.71. The standard InChI is InChI=1S/C22H20N2O3S/c1-14-19(28-20(23-14)17-9-4-3-5-10-17)22(26)27-15(2)21(25)24-13-12-16-8-6-7-11-18(16)24/h3-11,15H,12-13H2,1-2H3/t15-/m1/s1. The summed E-state index contributed by atoms with van der Waals surface area (Å²) in [5, 5.41) is 0.762. The number of amides is 1. The largest absolute Gasteiger partial charge is 0.448 e. The molecule has 1 aliphatic rings. The topological polar surface area (TPSA) is 59.5 Å². The Balaban J connectivity index is 1.48. The van der Waals surface area contributed by atoms with Crippen molar-refractivity contribution in [3.05, 3.63) is 70.7 Å². The summed E-state index contributed by atoms with van der Waals surface area (Å²) in [5.74, 6) is -0.714. The fraction of sp³-hybridized carbons (Fsp3) is 0.227. The van der Waals surface area contributed by atoms with Crippen LogP contribution in [-0.4, -0.2) is 29.5 Å². The summed E-state index contributed by atoms with van der Waals surface area (Å²) >= 11 is 1.28. The molecule has 1 aliphatic heterocycles. The lowest BCUT2D eigenvalue weighted by Gasteiger charge is -2.21. The first kappa shape index (κ1) is 18.4. The molecule has 0 saturated heterocycles. The van der Waals surface area contributed by atoms with E-state index in [1.165, 1.54) is 11.3 Å². The van der Waals surface area contributed by atoms with E-state index in [1.807, 2.05) is 54.6 Å². The monoisotopic (exact) mass is 392 g/mol. The molecule has 2 aromatic carbocycles. The Morgan fingerprint density at radius 3 is 2.61 bits per heavy atom. The van der Waals surface area contributed by atoms with Gasteiger partial charge in [-0.2, -0.15) is 0 Å². The number of ether oxygens (including phenoxy) is 1. The second-order valence-electron chi connectivity index (χ2n) is 6.72. The summed E-state index contributed by atoms with van der Waals surface area (Å²) in [6.45, 7) is 4.01. The third kappa shape index (κ3) is 3.43. The fourth-order valence-corrected chi connectivity index (χ4v) is 4.30. The Bertz CT molecular complexity index is 1030. The summed E-state index contributed by atoms with van der Waals surface area (Å²) in [5.41, 5.74) is 3.60. The highest BCUT2D eigenvalue weighted by Gasteiger charge is 2.30. The summed E-state index contributed by atoms with van der Waals surface area (Å²) in [4.78, 5) is 32.1. The molecule has 0 unspecified atom stereocenters. The Labute approximate surface area is 167 Å². The molecule has 0 fully saturated rings. The number of fused-ring (bicyclic) bond motifs is 1. The molecule has 5 nitrogen and oxygen atoms in total. The summed E-state index contributed by atoms with van der Waals surface area (Å²) in [6.07, 6.45) is -0.0444. The SMILES string of the molecule is Cc1nc(-c2ccccc2)sc1C(=O)O[C@H](C)C(=O)N1CCc2ccccc21. The molecule has 0 bridgehead atoms. The van der Waals surface area contributed by atoms with Crippen LogP contribution in [0, 0.1) is 6.92 Å². The number of hydrogen-bond acceptors (Lipinski definition) is 5. The Hall–Kier alpha value is -2.99. The van der Waals surface area contributed by atoms with Crippen LogP contribution in [0.25, 0.3) is 10.6 Å². The van der Waals surface area contributed by atoms with E-state index in [-0.39, 0.29) is 5.91 Å². The van der Waals surface area contributed by atoms with Gasteiger partial charge in [0.15, 0.2) is 6.10 Å². The molecule has 1 atom stereocenters. The fourth-order valence-electron chi connectivity index (χ4n) is 3.34. The molecule has 0 spiro atoms. The lowest BCUT2D eigenvalue weighted by Crippen LogP contribution is -2.39. The van der Waals surface area contributed by atoms with Crippen molar-refractivity contribution in [1.82, 2.24) is 4.98 Å². The van der Waals surface area contributed by atoms with Gasteiger partial charge in [-0.1, -0.05) is 48.5 Å². The molecule has 3 aromatic rings. The van der Waals surface area contributed by atoms with Crippen LogP contribution in [0.1, 0.15) is 27.9 Å². The summed E-state index contributed by atoms with van der Waals surface area (Å²) < 4.78 is 5.50. The molecule has 0 N–H and O–H groups in total. The first-order valence-electron chi connectivity index (χ1n) is 9.17. The summed E-state index contributed by atoms with van der Waals surface area (Å²) in [6, 6.07) is 17.5. The molecule has 1 amide bonds. The zero-order valence-corrected chi connectivity index (χ0v) is 16.5. The van der Waals surface area contributed by atoms with Gasteiger partial charge < -0.3 is 9.64 Å². The maximum absolute atomic E-state index is 12.8. The molecule has 1 aromatic heterocycles. The minimum Gasteiger partial charge on any atom is -0.448 e. The maximum Gasteiger partial charge on any atom is 0.351 e. The van der Waals surface area contributed by atoms with Crippen molar-refractivity contribution >= 4 is 28.9 Å². The number of rotatable bonds is 4. The van der Waals surface area contributed by atoms with Crippen molar-refractivity contribution in [3.63, 3.8) is 0 Å². The van der Waals surface area contributed by atoms with Crippen LogP contribution in [0.3, 0.4) is 0 Å². The highest BCUT2D eigenvalue weighted by molar-refractivity contribution is 7.17. The van der Waals surface area contributed by atoms with Gasteiger partial charge in [-0.3, -0.25) is 4.79 Å². The van der Waals surface area contributed by atoms with Gasteiger partial charge in [0, 0.05) is 17.8 Å². The molecule has 0 aliphatic carbocycles. The predicted molar refractivity (Wildman–Crippen MR) is 110 cm³/mol. The Morgan fingerprint density at radius 2 is 1.82 bits per heavy atom. The number of aryl methyl sites for hydroxylation is 1. The zero-order chi connectivity index (χ0) is 19.7. The van der Waals surface area contributed by atoms with Crippen molar-refractivity contribution in [2.75, 3.05) is 11.4 Å². The van der Waals surface area contributed by atoms with Crippen LogP contribution in [0.15, 0.2) is 54.6 Å². The zero-order valence-electron chi connectivity index (χ0n) is 15.7. The van der Waals surface area contributed by atoms with Crippen LogP contribution < -0.4 is 4.90 Å². The van der Waals surface area contributed by atoms with E-state index in [2.05, 4.69) is 4.98 Å². The Kier molecular flexibility index (Phi) is 4.96. The van der Waals surface area contributed by atoms with E-state index < -0.39 is 12.1 Å². The molecule has 28 heavy (non-hydrogen) atoms. The minimum atomic E-state index is -0.861. The van der Waals surface area contributed by atoms with E-state index >= 15 is 0 Å². The van der Waals surface area contributed by atoms with Gasteiger partial charge in [-0.05, 0) is 31.9 Å². The van der Waals surface area contributed by atoms with Gasteiger partial charge >= 0.3 is 5.97 Å².